The number of hydrogen-bond donors (Lipinski definition) is 1. The Bertz CT molecular complexity index is 778. The lowest BCUT2D eigenvalue weighted by Crippen LogP contribution is -2.24. The van der Waals surface area contributed by atoms with Gasteiger partial charge in [-0.15, -0.1) is 0 Å². The summed E-state index contributed by atoms with van der Waals surface area (Å²) < 4.78 is 7.59. The molecule has 0 aromatic carbocycles. The molecule has 130 valence electrons. The van der Waals surface area contributed by atoms with Crippen LogP contribution in [-0.4, -0.2) is 27.7 Å². The van der Waals surface area contributed by atoms with Crippen molar-refractivity contribution in [2.75, 3.05) is 6.61 Å². The predicted molar refractivity (Wildman–Crippen MR) is 92.6 cm³/mol. The van der Waals surface area contributed by atoms with Gasteiger partial charge in [-0.2, -0.15) is 0 Å². The van der Waals surface area contributed by atoms with E-state index in [9.17, 15) is 9.59 Å². The molecule has 0 aliphatic heterocycles. The van der Waals surface area contributed by atoms with Gasteiger partial charge < -0.3 is 14.9 Å². The summed E-state index contributed by atoms with van der Waals surface area (Å²) in [4.78, 5) is 28.6. The lowest BCUT2D eigenvalue weighted by Gasteiger charge is -2.08. The summed E-state index contributed by atoms with van der Waals surface area (Å²) in [5.74, 6) is -1.25. The Hall–Kier alpha value is -2.37. The van der Waals surface area contributed by atoms with Gasteiger partial charge >= 0.3 is 0 Å². The highest BCUT2D eigenvalue weighted by Crippen LogP contribution is 2.32. The maximum absolute atomic E-state index is 12.5. The molecule has 0 unspecified atom stereocenters. The highest BCUT2D eigenvalue weighted by molar-refractivity contribution is 6.44. The lowest BCUT2D eigenvalue weighted by molar-refractivity contribution is -0.114. The number of nitrogens with zero attached hydrogens (tertiary/aromatic N) is 2. The first-order valence-corrected chi connectivity index (χ1v) is 8.46. The molecule has 0 aliphatic carbocycles. The first-order chi connectivity index (χ1) is 11.5. The Morgan fingerprint density at radius 3 is 2.54 bits per heavy atom. The molecule has 6 nitrogen and oxygen atoms in total. The van der Waals surface area contributed by atoms with E-state index in [-0.39, 0.29) is 0 Å². The molecule has 0 fully saturated rings. The van der Waals surface area contributed by atoms with Crippen molar-refractivity contribution >= 4 is 17.2 Å². The summed E-state index contributed by atoms with van der Waals surface area (Å²) in [6.07, 6.45) is 5.26. The Morgan fingerprint density at radius 1 is 1.29 bits per heavy atom. The number of aryl methyl sites for hydroxylation is 2. The number of fused-ring (bicyclic) bond motifs is 1. The van der Waals surface area contributed by atoms with Gasteiger partial charge in [0.05, 0.1) is 17.9 Å². The number of unbranched alkanes of at least 4 members (excludes halogenated alkanes) is 1. The van der Waals surface area contributed by atoms with E-state index in [4.69, 9.17) is 10.5 Å². The third-order valence-corrected chi connectivity index (χ3v) is 4.06. The van der Waals surface area contributed by atoms with Gasteiger partial charge in [0.15, 0.2) is 0 Å². The fraction of sp³-hybridized carbons (Fsp3) is 0.500. The zero-order valence-electron chi connectivity index (χ0n) is 14.8. The summed E-state index contributed by atoms with van der Waals surface area (Å²) in [7, 11) is 0. The molecule has 0 bridgehead atoms. The van der Waals surface area contributed by atoms with Crippen LogP contribution in [0.4, 0.5) is 0 Å². The number of aromatic nitrogens is 2. The first-order valence-electron chi connectivity index (χ1n) is 8.46. The second kappa shape index (κ2) is 7.47. The second-order valence-corrected chi connectivity index (χ2v) is 5.79. The number of hydrogen-bond acceptors (Lipinski definition) is 4. The number of amides is 1. The first kappa shape index (κ1) is 18.0. The average molecular weight is 331 g/mol. The van der Waals surface area contributed by atoms with Gasteiger partial charge in [-0.25, -0.2) is 4.98 Å². The summed E-state index contributed by atoms with van der Waals surface area (Å²) in [6, 6.07) is 0. The molecular formula is C18H25N3O3. The zero-order chi connectivity index (χ0) is 17.9. The molecule has 0 saturated heterocycles. The molecule has 0 atom stereocenters. The van der Waals surface area contributed by atoms with E-state index in [0.717, 1.165) is 42.6 Å². The standard InChI is InChI=1S/C18H25N3O3/c1-5-8-9-12-13(6-2)21-10-11(4)20-18(24-7-3)15(21)14(12)16(22)17(19)23/h10H,5-9H2,1-4H3,(H2,19,23). The molecule has 2 rings (SSSR count). The quantitative estimate of drug-likeness (QED) is 0.595. The number of primary amides is 1. The van der Waals surface area contributed by atoms with E-state index >= 15 is 0 Å². The van der Waals surface area contributed by atoms with Crippen LogP contribution < -0.4 is 10.5 Å². The van der Waals surface area contributed by atoms with Crippen molar-refractivity contribution in [1.82, 2.24) is 9.38 Å². The van der Waals surface area contributed by atoms with Crippen molar-refractivity contribution in [3.8, 4) is 5.88 Å². The summed E-state index contributed by atoms with van der Waals surface area (Å²) in [5.41, 5.74) is 8.89. The highest BCUT2D eigenvalue weighted by Gasteiger charge is 2.28. The van der Waals surface area contributed by atoms with Gasteiger partial charge in [-0.1, -0.05) is 20.3 Å². The van der Waals surface area contributed by atoms with Gasteiger partial charge in [-0.3, -0.25) is 9.59 Å². The molecule has 2 heterocycles. The minimum atomic E-state index is -0.953. The van der Waals surface area contributed by atoms with Crippen molar-refractivity contribution in [2.45, 2.75) is 53.4 Å². The maximum Gasteiger partial charge on any atom is 0.289 e. The number of Topliss-reactive ketones (excluding diaryl/α,β-unsaturated/α-hetero) is 1. The molecule has 0 radical (unpaired) electrons. The SMILES string of the molecule is CCCCc1c(C(=O)C(N)=O)c2c(OCC)nc(C)cn2c1CC. The van der Waals surface area contributed by atoms with Gasteiger partial charge in [0.1, 0.15) is 5.52 Å². The molecule has 2 N–H and O–H groups in total. The third kappa shape index (κ3) is 3.13. The lowest BCUT2D eigenvalue weighted by atomic mass is 9.99. The average Bonchev–Trinajstić information content (AvgIpc) is 2.85. The van der Waals surface area contributed by atoms with Crippen LogP contribution in [0.5, 0.6) is 5.88 Å². The second-order valence-electron chi connectivity index (χ2n) is 5.79. The van der Waals surface area contributed by atoms with Crippen molar-refractivity contribution in [3.05, 3.63) is 28.7 Å². The molecule has 6 heteroatoms. The normalized spacial score (nSPS) is 11.0. The predicted octanol–water partition coefficient (Wildman–Crippen LogP) is 2.61. The van der Waals surface area contributed by atoms with Crippen LogP contribution in [0.2, 0.25) is 0 Å². The Labute approximate surface area is 142 Å². The number of nitrogens with two attached hydrogens (primary N) is 1. The van der Waals surface area contributed by atoms with E-state index in [1.54, 1.807) is 0 Å². The Morgan fingerprint density at radius 2 is 2.00 bits per heavy atom. The van der Waals surface area contributed by atoms with Crippen LogP contribution in [0.3, 0.4) is 0 Å². The minimum Gasteiger partial charge on any atom is -0.476 e. The Balaban J connectivity index is 2.89. The summed E-state index contributed by atoms with van der Waals surface area (Å²) in [5, 5.41) is 0. The monoisotopic (exact) mass is 331 g/mol. The van der Waals surface area contributed by atoms with Crippen LogP contribution in [0.1, 0.15) is 60.9 Å². The van der Waals surface area contributed by atoms with Crippen LogP contribution in [0.15, 0.2) is 6.20 Å². The number of ether oxygens (including phenoxy) is 1. The van der Waals surface area contributed by atoms with Crippen LogP contribution in [0, 0.1) is 6.92 Å². The largest absolute Gasteiger partial charge is 0.476 e. The molecular weight excluding hydrogens is 306 g/mol. The van der Waals surface area contributed by atoms with E-state index in [0.29, 0.717) is 23.6 Å². The zero-order valence-corrected chi connectivity index (χ0v) is 14.8. The van der Waals surface area contributed by atoms with Crippen LogP contribution >= 0.6 is 0 Å². The molecule has 2 aromatic heterocycles. The summed E-state index contributed by atoms with van der Waals surface area (Å²) in [6.45, 7) is 8.29. The number of rotatable bonds is 8. The van der Waals surface area contributed by atoms with Crippen molar-refractivity contribution in [3.63, 3.8) is 0 Å². The van der Waals surface area contributed by atoms with E-state index in [1.165, 1.54) is 0 Å². The fourth-order valence-electron chi connectivity index (χ4n) is 3.08. The highest BCUT2D eigenvalue weighted by atomic mass is 16.5. The number of carbonyl (C=O) groups excluding carboxylic acids is 2. The number of ketones is 1. The smallest absolute Gasteiger partial charge is 0.289 e. The van der Waals surface area contributed by atoms with Crippen molar-refractivity contribution < 1.29 is 14.3 Å². The van der Waals surface area contributed by atoms with Crippen LogP contribution in [0.25, 0.3) is 5.52 Å². The van der Waals surface area contributed by atoms with Gasteiger partial charge in [-0.05, 0) is 38.7 Å². The van der Waals surface area contributed by atoms with E-state index in [2.05, 4.69) is 11.9 Å². The Kier molecular flexibility index (Phi) is 5.59. The van der Waals surface area contributed by atoms with Gasteiger partial charge in [0, 0.05) is 11.9 Å². The molecule has 0 aliphatic rings. The van der Waals surface area contributed by atoms with E-state index in [1.807, 2.05) is 31.4 Å². The third-order valence-electron chi connectivity index (χ3n) is 4.06. The minimum absolute atomic E-state index is 0.351. The summed E-state index contributed by atoms with van der Waals surface area (Å²) >= 11 is 0. The molecule has 1 amide bonds. The van der Waals surface area contributed by atoms with Crippen molar-refractivity contribution in [2.24, 2.45) is 5.73 Å². The molecule has 2 aromatic rings. The number of carbonyl (C=O) groups is 2. The fourth-order valence-corrected chi connectivity index (χ4v) is 3.08. The topological polar surface area (TPSA) is 86.7 Å². The molecule has 0 spiro atoms. The van der Waals surface area contributed by atoms with Gasteiger partial charge in [0.2, 0.25) is 5.88 Å². The van der Waals surface area contributed by atoms with E-state index < -0.39 is 11.7 Å². The van der Waals surface area contributed by atoms with Gasteiger partial charge in [0.25, 0.3) is 11.7 Å². The molecule has 0 saturated carbocycles. The van der Waals surface area contributed by atoms with Crippen LogP contribution in [-0.2, 0) is 17.6 Å². The molecule has 24 heavy (non-hydrogen) atoms. The maximum atomic E-state index is 12.5. The van der Waals surface area contributed by atoms with Crippen molar-refractivity contribution in [1.29, 1.82) is 0 Å².